The number of phenols is 1. The Labute approximate surface area is 338 Å². The summed E-state index contributed by atoms with van der Waals surface area (Å²) in [6.45, 7) is 5.22. The summed E-state index contributed by atoms with van der Waals surface area (Å²) in [5.74, 6) is -4.92. The Hall–Kier alpha value is -5.26. The number of amides is 7. The molecule has 4 heterocycles. The van der Waals surface area contributed by atoms with Crippen LogP contribution < -0.4 is 27.0 Å². The molecule has 0 bridgehead atoms. The Morgan fingerprint density at radius 1 is 0.707 bits per heavy atom. The van der Waals surface area contributed by atoms with Crippen LogP contribution in [0.1, 0.15) is 90.0 Å². The van der Waals surface area contributed by atoms with Crippen molar-refractivity contribution in [2.24, 2.45) is 11.7 Å². The van der Waals surface area contributed by atoms with Crippen LogP contribution in [-0.4, -0.2) is 141 Å². The number of benzene rings is 1. The van der Waals surface area contributed by atoms with E-state index in [1.54, 1.807) is 12.1 Å². The molecule has 4 aliphatic rings. The van der Waals surface area contributed by atoms with E-state index in [0.717, 1.165) is 6.42 Å². The molecule has 0 saturated carbocycles. The zero-order valence-electron chi connectivity index (χ0n) is 33.3. The van der Waals surface area contributed by atoms with E-state index in [-0.39, 0.29) is 81.3 Å². The molecular weight excluding hydrogens is 752 g/mol. The molecule has 7 amide bonds. The topological polar surface area (TPSA) is 261 Å². The lowest BCUT2D eigenvalue weighted by Gasteiger charge is -2.33. The first-order valence-corrected chi connectivity index (χ1v) is 20.5. The maximum atomic E-state index is 14.5. The number of rotatable bonds is 17. The average molecular weight is 811 g/mol. The molecule has 1 aromatic rings. The Morgan fingerprint density at radius 3 is 1.72 bits per heavy atom. The fourth-order valence-corrected chi connectivity index (χ4v) is 8.52. The van der Waals surface area contributed by atoms with Crippen LogP contribution in [0.25, 0.3) is 0 Å². The quantitative estimate of drug-likeness (QED) is 0.106. The highest BCUT2D eigenvalue weighted by atomic mass is 16.4. The van der Waals surface area contributed by atoms with Gasteiger partial charge in [-0.2, -0.15) is 0 Å². The minimum absolute atomic E-state index is 0.00264. The van der Waals surface area contributed by atoms with Crippen molar-refractivity contribution in [3.05, 3.63) is 29.8 Å². The molecule has 18 nitrogen and oxygen atoms in total. The molecule has 0 aliphatic carbocycles. The Balaban J connectivity index is 1.33. The van der Waals surface area contributed by atoms with Gasteiger partial charge in [-0.15, -0.1) is 0 Å². The van der Waals surface area contributed by atoms with E-state index in [9.17, 15) is 48.6 Å². The number of phenolic OH excluding ortho intramolecular Hbond substituents is 1. The second-order valence-electron chi connectivity index (χ2n) is 16.2. The Bertz CT molecular complexity index is 1700. The number of hydrogen-bond donors (Lipinski definition) is 7. The number of aromatic hydroxyl groups is 1. The summed E-state index contributed by atoms with van der Waals surface area (Å²) in [6, 6.07) is -0.637. The van der Waals surface area contributed by atoms with Gasteiger partial charge in [0.2, 0.25) is 41.4 Å². The van der Waals surface area contributed by atoms with E-state index in [0.29, 0.717) is 50.6 Å². The lowest BCUT2D eigenvalue weighted by Crippen LogP contribution is -2.59. The predicted octanol–water partition coefficient (Wildman–Crippen LogP) is -0.490. The van der Waals surface area contributed by atoms with Crippen molar-refractivity contribution in [1.29, 1.82) is 0 Å². The fourth-order valence-electron chi connectivity index (χ4n) is 8.52. The van der Waals surface area contributed by atoms with Gasteiger partial charge in [0, 0.05) is 32.5 Å². The van der Waals surface area contributed by atoms with Crippen LogP contribution in [0, 0.1) is 5.92 Å². The van der Waals surface area contributed by atoms with Gasteiger partial charge in [-0.1, -0.05) is 26.0 Å². The highest BCUT2D eigenvalue weighted by Gasteiger charge is 2.44. The van der Waals surface area contributed by atoms with Gasteiger partial charge in [-0.05, 0) is 94.4 Å². The van der Waals surface area contributed by atoms with Crippen molar-refractivity contribution in [2.45, 2.75) is 133 Å². The number of aliphatic carboxylic acids is 1. The molecule has 318 valence electrons. The Morgan fingerprint density at radius 2 is 1.21 bits per heavy atom. The van der Waals surface area contributed by atoms with Crippen LogP contribution in [0.4, 0.5) is 0 Å². The van der Waals surface area contributed by atoms with Crippen LogP contribution in [0.3, 0.4) is 0 Å². The molecule has 58 heavy (non-hydrogen) atoms. The van der Waals surface area contributed by atoms with E-state index >= 15 is 0 Å². The first-order valence-electron chi connectivity index (χ1n) is 20.5. The van der Waals surface area contributed by atoms with Gasteiger partial charge in [-0.25, -0.2) is 4.79 Å². The lowest BCUT2D eigenvalue weighted by molar-refractivity contribution is -0.150. The van der Waals surface area contributed by atoms with E-state index < -0.39 is 71.8 Å². The monoisotopic (exact) mass is 810 g/mol. The van der Waals surface area contributed by atoms with Gasteiger partial charge >= 0.3 is 5.97 Å². The van der Waals surface area contributed by atoms with Crippen molar-refractivity contribution >= 4 is 47.3 Å². The molecule has 0 spiro atoms. The Kier molecular flexibility index (Phi) is 15.1. The van der Waals surface area contributed by atoms with Gasteiger partial charge in [0.15, 0.2) is 0 Å². The second kappa shape index (κ2) is 19.9. The third-order valence-electron chi connectivity index (χ3n) is 11.5. The highest BCUT2D eigenvalue weighted by Crippen LogP contribution is 2.25. The summed E-state index contributed by atoms with van der Waals surface area (Å²) in [7, 11) is 0. The fraction of sp³-hybridized carbons (Fsp3) is 0.650. The highest BCUT2D eigenvalue weighted by molar-refractivity contribution is 5.98. The average Bonchev–Trinajstić information content (AvgIpc) is 4.03. The summed E-state index contributed by atoms with van der Waals surface area (Å²) in [5.41, 5.74) is 5.97. The van der Waals surface area contributed by atoms with Crippen molar-refractivity contribution in [3.8, 4) is 5.75 Å². The normalized spacial score (nSPS) is 23.3. The number of nitrogens with zero attached hydrogens (tertiary/aromatic N) is 3. The largest absolute Gasteiger partial charge is 0.508 e. The summed E-state index contributed by atoms with van der Waals surface area (Å²) >= 11 is 0. The van der Waals surface area contributed by atoms with Gasteiger partial charge in [0.1, 0.15) is 42.0 Å². The van der Waals surface area contributed by atoms with Crippen LogP contribution in [0.15, 0.2) is 24.3 Å². The first kappa shape index (κ1) is 43.9. The molecule has 0 aromatic heterocycles. The second-order valence-corrected chi connectivity index (χ2v) is 16.2. The smallest absolute Gasteiger partial charge is 0.326 e. The van der Waals surface area contributed by atoms with Crippen LogP contribution in [-0.2, 0) is 44.8 Å². The standard InChI is InChI=1S/C40H58N8O10/c1-23(2)21-28(44-34(51)26-7-3-17-42-26)38(55)46-18-5-9-31(46)36(53)45-29(22-24-11-13-25(49)14-12-24)39(56)47-19-4-8-30(47)35(52)43-27(15-16-33(41)50)37(54)48-20-6-10-32(48)40(57)58/h11-14,23,26-32,42,49H,3-10,15-22H2,1-2H3,(H2,41,50)(H,43,52)(H,44,51)(H,45,53)(H,57,58)/t26-,27-,28-,29-,30-,31-,32-/m0/s1. The number of carbonyl (C=O) groups is 8. The maximum Gasteiger partial charge on any atom is 0.326 e. The number of hydrogen-bond acceptors (Lipinski definition) is 10. The molecule has 18 heteroatoms. The van der Waals surface area contributed by atoms with Crippen LogP contribution >= 0.6 is 0 Å². The summed E-state index contributed by atoms with van der Waals surface area (Å²) < 4.78 is 0. The minimum Gasteiger partial charge on any atom is -0.508 e. The SMILES string of the molecule is CC(C)C[C@H](NC(=O)[C@@H]1CCCN1)C(=O)N1CCC[C@H]1C(=O)N[C@@H](Cc1ccc(O)cc1)C(=O)N1CCC[C@H]1C(=O)N[C@@H](CCC(N)=O)C(=O)N1CCC[C@H]1C(=O)O. The summed E-state index contributed by atoms with van der Waals surface area (Å²) in [4.78, 5) is 111. The third kappa shape index (κ3) is 11.0. The maximum absolute atomic E-state index is 14.5. The zero-order valence-corrected chi connectivity index (χ0v) is 33.3. The van der Waals surface area contributed by atoms with Crippen molar-refractivity contribution in [1.82, 2.24) is 36.0 Å². The van der Waals surface area contributed by atoms with Gasteiger partial charge < -0.3 is 51.9 Å². The molecule has 1 aromatic carbocycles. The van der Waals surface area contributed by atoms with Gasteiger partial charge in [0.25, 0.3) is 0 Å². The number of nitrogens with one attached hydrogen (secondary N) is 4. The molecule has 8 N–H and O–H groups in total. The van der Waals surface area contributed by atoms with Crippen molar-refractivity contribution < 1.29 is 48.6 Å². The number of carboxylic acid groups (broad SMARTS) is 1. The number of carboxylic acids is 1. The molecule has 0 radical (unpaired) electrons. The zero-order chi connectivity index (χ0) is 42.1. The van der Waals surface area contributed by atoms with Gasteiger partial charge in [0.05, 0.1) is 6.04 Å². The number of nitrogens with two attached hydrogens (primary N) is 1. The number of primary amides is 1. The van der Waals surface area contributed by atoms with Crippen molar-refractivity contribution in [2.75, 3.05) is 26.2 Å². The third-order valence-corrected chi connectivity index (χ3v) is 11.5. The molecule has 4 saturated heterocycles. The van der Waals surface area contributed by atoms with E-state index in [1.165, 1.54) is 26.8 Å². The van der Waals surface area contributed by atoms with Crippen molar-refractivity contribution in [3.63, 3.8) is 0 Å². The molecule has 0 unspecified atom stereocenters. The summed E-state index contributed by atoms with van der Waals surface area (Å²) in [6.07, 6.45) is 3.69. The number of likely N-dealkylation sites (tertiary alicyclic amines) is 3. The first-order chi connectivity index (χ1) is 27.6. The lowest BCUT2D eigenvalue weighted by atomic mass is 10.0. The van der Waals surface area contributed by atoms with E-state index in [4.69, 9.17) is 5.73 Å². The van der Waals surface area contributed by atoms with E-state index in [2.05, 4.69) is 21.3 Å². The van der Waals surface area contributed by atoms with Crippen LogP contribution in [0.2, 0.25) is 0 Å². The molecule has 5 rings (SSSR count). The van der Waals surface area contributed by atoms with Gasteiger partial charge in [-0.3, -0.25) is 33.6 Å². The predicted molar refractivity (Wildman–Crippen MR) is 208 cm³/mol. The molecule has 4 aliphatic heterocycles. The van der Waals surface area contributed by atoms with E-state index in [1.807, 2.05) is 13.8 Å². The number of carbonyl (C=O) groups excluding carboxylic acids is 7. The summed E-state index contributed by atoms with van der Waals surface area (Å²) in [5, 5.41) is 31.2. The minimum atomic E-state index is -1.27. The molecule has 4 fully saturated rings. The molecular formula is C40H58N8O10. The molecule has 7 atom stereocenters. The van der Waals surface area contributed by atoms with Crippen LogP contribution in [0.5, 0.6) is 5.75 Å².